The van der Waals surface area contributed by atoms with Crippen molar-refractivity contribution in [3.05, 3.63) is 36.5 Å². The molecule has 0 saturated heterocycles. The molecule has 0 saturated carbocycles. The molecule has 2 atom stereocenters. The SMILES string of the molecule is CCCC/C=C\C/C=C\CCCCCCCCOCC(COP(=O)(O)OCCN)OC(=O)CCCCCCC/C=C\CCCCC. The third-order valence-electron chi connectivity index (χ3n) is 7.53. The molecule has 46 heavy (non-hydrogen) atoms. The second kappa shape index (κ2) is 35.0. The van der Waals surface area contributed by atoms with Crippen LogP contribution in [0.5, 0.6) is 0 Å². The maximum absolute atomic E-state index is 12.5. The lowest BCUT2D eigenvalue weighted by Crippen LogP contribution is -2.28. The van der Waals surface area contributed by atoms with Crippen LogP contribution in [0, 0.1) is 0 Å². The Bertz CT molecular complexity index is 803. The van der Waals surface area contributed by atoms with Gasteiger partial charge >= 0.3 is 13.8 Å². The van der Waals surface area contributed by atoms with E-state index in [0.717, 1.165) is 64.2 Å². The van der Waals surface area contributed by atoms with E-state index >= 15 is 0 Å². The van der Waals surface area contributed by atoms with Crippen LogP contribution in [0.4, 0.5) is 0 Å². The molecule has 0 aromatic heterocycles. The van der Waals surface area contributed by atoms with Crippen molar-refractivity contribution < 1.29 is 32.8 Å². The molecule has 3 N–H and O–H groups in total. The molecular formula is C37H70NO7P. The molecule has 0 aliphatic rings. The number of phosphoric acid groups is 1. The fraction of sp³-hybridized carbons (Fsp3) is 0.811. The first-order valence-corrected chi connectivity index (χ1v) is 20.0. The van der Waals surface area contributed by atoms with Crippen LogP contribution >= 0.6 is 7.82 Å². The molecule has 0 fully saturated rings. The first kappa shape index (κ1) is 44.7. The summed E-state index contributed by atoms with van der Waals surface area (Å²) in [5, 5.41) is 0. The molecule has 0 spiro atoms. The van der Waals surface area contributed by atoms with Gasteiger partial charge in [0.15, 0.2) is 0 Å². The van der Waals surface area contributed by atoms with Crippen LogP contribution in [0.3, 0.4) is 0 Å². The predicted octanol–water partition coefficient (Wildman–Crippen LogP) is 10.3. The largest absolute Gasteiger partial charge is 0.472 e. The maximum Gasteiger partial charge on any atom is 0.472 e. The highest BCUT2D eigenvalue weighted by molar-refractivity contribution is 7.47. The molecule has 8 nitrogen and oxygen atoms in total. The van der Waals surface area contributed by atoms with Gasteiger partial charge in [-0.3, -0.25) is 13.8 Å². The van der Waals surface area contributed by atoms with E-state index in [0.29, 0.717) is 13.0 Å². The zero-order chi connectivity index (χ0) is 33.8. The summed E-state index contributed by atoms with van der Waals surface area (Å²) < 4.78 is 33.2. The minimum atomic E-state index is -4.27. The number of hydrogen-bond acceptors (Lipinski definition) is 7. The Labute approximate surface area is 282 Å². The summed E-state index contributed by atoms with van der Waals surface area (Å²) in [4.78, 5) is 22.3. The lowest BCUT2D eigenvalue weighted by Gasteiger charge is -2.20. The zero-order valence-electron chi connectivity index (χ0n) is 29.6. The van der Waals surface area contributed by atoms with Gasteiger partial charge in [-0.05, 0) is 64.2 Å². The highest BCUT2D eigenvalue weighted by Crippen LogP contribution is 2.43. The zero-order valence-corrected chi connectivity index (χ0v) is 30.4. The lowest BCUT2D eigenvalue weighted by molar-refractivity contribution is -0.154. The fourth-order valence-electron chi connectivity index (χ4n) is 4.77. The van der Waals surface area contributed by atoms with Crippen LogP contribution in [0.25, 0.3) is 0 Å². The van der Waals surface area contributed by atoms with Crippen LogP contribution in [-0.4, -0.2) is 49.9 Å². The van der Waals surface area contributed by atoms with Crippen LogP contribution in [0.15, 0.2) is 36.5 Å². The van der Waals surface area contributed by atoms with Crippen LogP contribution in [-0.2, 0) is 27.9 Å². The van der Waals surface area contributed by atoms with Gasteiger partial charge in [0, 0.05) is 19.6 Å². The minimum Gasteiger partial charge on any atom is -0.457 e. The molecule has 0 aliphatic heterocycles. The van der Waals surface area contributed by atoms with E-state index in [2.05, 4.69) is 50.3 Å². The molecule has 0 radical (unpaired) electrons. The van der Waals surface area contributed by atoms with Gasteiger partial charge in [0.05, 0.1) is 19.8 Å². The summed E-state index contributed by atoms with van der Waals surface area (Å²) in [6.07, 6.45) is 37.2. The van der Waals surface area contributed by atoms with Gasteiger partial charge in [-0.1, -0.05) is 121 Å². The Hall–Kier alpha value is -1.28. The van der Waals surface area contributed by atoms with Crippen LogP contribution in [0.2, 0.25) is 0 Å². The lowest BCUT2D eigenvalue weighted by atomic mass is 10.1. The summed E-state index contributed by atoms with van der Waals surface area (Å²) in [7, 11) is -4.27. The molecule has 0 bridgehead atoms. The molecule has 0 heterocycles. The molecule has 270 valence electrons. The number of esters is 1. The number of rotatable bonds is 35. The maximum atomic E-state index is 12.5. The van der Waals surface area contributed by atoms with Gasteiger partial charge in [0.1, 0.15) is 6.10 Å². The van der Waals surface area contributed by atoms with Gasteiger partial charge in [0.25, 0.3) is 0 Å². The summed E-state index contributed by atoms with van der Waals surface area (Å²) in [5.74, 6) is -0.346. The van der Waals surface area contributed by atoms with E-state index in [4.69, 9.17) is 24.3 Å². The van der Waals surface area contributed by atoms with Gasteiger partial charge < -0.3 is 20.1 Å². The van der Waals surface area contributed by atoms with Crippen molar-refractivity contribution in [3.63, 3.8) is 0 Å². The standard InChI is InChI=1S/C37H70NO7P/c1-3-5-7-9-11-13-15-17-18-19-21-23-25-27-29-32-42-34-36(35-44-46(40,41)43-33-31-38)45-37(39)30-28-26-24-22-20-16-14-12-10-8-6-4-2/h9,11-12,14-15,17,36H,3-8,10,13,16,18-35,38H2,1-2H3,(H,40,41)/b11-9-,14-12-,17-15-. The number of carbonyl (C=O) groups is 1. The Morgan fingerprint density at radius 2 is 1.17 bits per heavy atom. The number of phosphoric ester groups is 1. The second-order valence-corrected chi connectivity index (χ2v) is 13.5. The average molecular weight is 672 g/mol. The van der Waals surface area contributed by atoms with Crippen LogP contribution in [0.1, 0.15) is 155 Å². The van der Waals surface area contributed by atoms with Crippen molar-refractivity contribution in [3.8, 4) is 0 Å². The molecule has 0 amide bonds. The highest BCUT2D eigenvalue weighted by Gasteiger charge is 2.25. The molecule has 2 unspecified atom stereocenters. The number of carbonyl (C=O) groups excluding carboxylic acids is 1. The highest BCUT2D eigenvalue weighted by atomic mass is 31.2. The van der Waals surface area contributed by atoms with Gasteiger partial charge in [-0.15, -0.1) is 0 Å². The average Bonchev–Trinajstić information content (AvgIpc) is 3.04. The van der Waals surface area contributed by atoms with Gasteiger partial charge in [-0.2, -0.15) is 0 Å². The number of unbranched alkanes of at least 4 members (excludes halogenated alkanes) is 16. The van der Waals surface area contributed by atoms with Crippen molar-refractivity contribution in [1.82, 2.24) is 0 Å². The monoisotopic (exact) mass is 671 g/mol. The van der Waals surface area contributed by atoms with Crippen molar-refractivity contribution in [2.75, 3.05) is 33.0 Å². The number of allylic oxidation sites excluding steroid dienone is 6. The van der Waals surface area contributed by atoms with E-state index in [9.17, 15) is 14.3 Å². The van der Waals surface area contributed by atoms with Crippen molar-refractivity contribution >= 4 is 13.8 Å². The van der Waals surface area contributed by atoms with Gasteiger partial charge in [0.2, 0.25) is 0 Å². The van der Waals surface area contributed by atoms with Crippen molar-refractivity contribution in [1.29, 1.82) is 0 Å². The number of nitrogens with two attached hydrogens (primary N) is 1. The van der Waals surface area contributed by atoms with Crippen molar-refractivity contribution in [2.24, 2.45) is 5.73 Å². The summed E-state index contributed by atoms with van der Waals surface area (Å²) >= 11 is 0. The number of ether oxygens (including phenoxy) is 2. The van der Waals surface area contributed by atoms with E-state index in [1.807, 2.05) is 0 Å². The summed E-state index contributed by atoms with van der Waals surface area (Å²) in [6, 6.07) is 0. The third kappa shape index (κ3) is 34.1. The first-order valence-electron chi connectivity index (χ1n) is 18.5. The first-order chi connectivity index (χ1) is 22.4. The molecule has 9 heteroatoms. The Kier molecular flexibility index (Phi) is 34.1. The molecule has 0 rings (SSSR count). The summed E-state index contributed by atoms with van der Waals surface area (Å²) in [5.41, 5.74) is 5.34. The fourth-order valence-corrected chi connectivity index (χ4v) is 5.54. The third-order valence-corrected chi connectivity index (χ3v) is 8.51. The minimum absolute atomic E-state index is 0.0965. The Balaban J connectivity index is 4.13. The smallest absolute Gasteiger partial charge is 0.457 e. The quantitative estimate of drug-likeness (QED) is 0.0296. The predicted molar refractivity (Wildman–Crippen MR) is 192 cm³/mol. The molecular weight excluding hydrogens is 601 g/mol. The molecule has 0 aromatic rings. The normalized spacial score (nSPS) is 14.1. The Morgan fingerprint density at radius 3 is 1.78 bits per heavy atom. The van der Waals surface area contributed by atoms with E-state index in [1.165, 1.54) is 70.6 Å². The molecule has 0 aliphatic carbocycles. The van der Waals surface area contributed by atoms with Crippen LogP contribution < -0.4 is 5.73 Å². The van der Waals surface area contributed by atoms with E-state index < -0.39 is 13.9 Å². The van der Waals surface area contributed by atoms with Gasteiger partial charge in [-0.25, -0.2) is 4.57 Å². The summed E-state index contributed by atoms with van der Waals surface area (Å²) in [6.45, 7) is 4.81. The van der Waals surface area contributed by atoms with Crippen molar-refractivity contribution in [2.45, 2.75) is 161 Å². The Morgan fingerprint density at radius 1 is 0.652 bits per heavy atom. The van der Waals surface area contributed by atoms with E-state index in [-0.39, 0.29) is 32.3 Å². The van der Waals surface area contributed by atoms with E-state index in [1.54, 1.807) is 0 Å². The topological polar surface area (TPSA) is 117 Å². The number of hydrogen-bond donors (Lipinski definition) is 2. The molecule has 0 aromatic carbocycles. The second-order valence-electron chi connectivity index (χ2n) is 12.1.